The number of aryl methyl sites for hydroxylation is 2. The summed E-state index contributed by atoms with van der Waals surface area (Å²) < 4.78 is 23.2. The molecule has 0 N–H and O–H groups in total. The first kappa shape index (κ1) is 50.9. The van der Waals surface area contributed by atoms with Gasteiger partial charge in [0, 0.05) is 44.3 Å². The summed E-state index contributed by atoms with van der Waals surface area (Å²) in [7, 11) is 0. The maximum Gasteiger partial charge on any atom is 0.338 e. The Labute approximate surface area is 446 Å². The van der Waals surface area contributed by atoms with Crippen molar-refractivity contribution < 1.29 is 28.5 Å². The van der Waals surface area contributed by atoms with E-state index in [0.29, 0.717) is 37.6 Å². The number of carbonyl (C=O) groups excluding carboxylic acids is 2. The summed E-state index contributed by atoms with van der Waals surface area (Å²) in [6.07, 6.45) is 4.07. The summed E-state index contributed by atoms with van der Waals surface area (Å²) in [4.78, 5) is 30.8. The number of esters is 2. The van der Waals surface area contributed by atoms with Crippen LogP contribution in [0.25, 0.3) is 54.6 Å². The zero-order valence-corrected chi connectivity index (χ0v) is 44.3. The van der Waals surface area contributed by atoms with Crippen molar-refractivity contribution in [3.8, 4) is 33.8 Å². The van der Waals surface area contributed by atoms with E-state index in [1.807, 2.05) is 62.4 Å². The largest absolute Gasteiger partial charge is 0.494 e. The molecular formula is C68H64N2O6. The third-order valence-corrected chi connectivity index (χ3v) is 14.1. The van der Waals surface area contributed by atoms with Crippen LogP contribution in [0.1, 0.15) is 85.2 Å². The second-order valence-electron chi connectivity index (χ2n) is 19.3. The van der Waals surface area contributed by atoms with Gasteiger partial charge in [-0.3, -0.25) is 0 Å². The van der Waals surface area contributed by atoms with E-state index < -0.39 is 0 Å². The van der Waals surface area contributed by atoms with Gasteiger partial charge in [0.2, 0.25) is 0 Å². The van der Waals surface area contributed by atoms with Crippen LogP contribution in [0.5, 0.6) is 11.5 Å². The zero-order chi connectivity index (χ0) is 52.7. The molecule has 0 atom stereocenters. The second kappa shape index (κ2) is 22.9. The quantitative estimate of drug-likeness (QED) is 0.0425. The van der Waals surface area contributed by atoms with E-state index in [0.717, 1.165) is 137 Å². The molecule has 10 aromatic rings. The molecule has 0 amide bonds. The molecule has 0 aliphatic carbocycles. The third-order valence-electron chi connectivity index (χ3n) is 14.1. The monoisotopic (exact) mass is 1000 g/mol. The van der Waals surface area contributed by atoms with Gasteiger partial charge in [-0.25, -0.2) is 9.59 Å². The number of ether oxygens (including phenoxy) is 4. The van der Waals surface area contributed by atoms with Crippen molar-refractivity contribution in [1.29, 1.82) is 0 Å². The molecule has 0 bridgehead atoms. The van der Waals surface area contributed by atoms with Crippen molar-refractivity contribution in [3.05, 3.63) is 204 Å². The topological polar surface area (TPSA) is 77.5 Å². The molecule has 0 fully saturated rings. The summed E-state index contributed by atoms with van der Waals surface area (Å²) in [5.74, 6) is 0.937. The first-order valence-electron chi connectivity index (χ1n) is 26.7. The Kier molecular flexibility index (Phi) is 15.3. The van der Waals surface area contributed by atoms with E-state index in [2.05, 4.69) is 171 Å². The van der Waals surface area contributed by atoms with Crippen LogP contribution in [-0.4, -0.2) is 38.4 Å². The van der Waals surface area contributed by atoms with Crippen LogP contribution in [-0.2, 0) is 9.47 Å². The van der Waals surface area contributed by atoms with Crippen molar-refractivity contribution in [2.45, 2.75) is 67.2 Å². The first-order chi connectivity index (χ1) is 37.2. The highest BCUT2D eigenvalue weighted by Crippen LogP contribution is 2.52. The molecule has 0 spiro atoms. The standard InChI is InChI=1S/C68H64N2O6/c1-7-11-41-75-55-33-29-53(30-34-55)69(51-25-13-45(5)14-26-51)63-43-61(47-17-21-49(22-18-47)67(71)73-9-3)57-38-40-60-64(70(52-27-15-46(6)16-28-52)54-31-35-56(36-32-54)76-42-12-8-2)44-62(58-37-39-59(63)65(57)66(58)60)48-19-23-50(24-20-48)68(72)74-10-4/h13-40,43-44H,7-12,41-42H2,1-6H3. The highest BCUT2D eigenvalue weighted by molar-refractivity contribution is 6.32. The van der Waals surface area contributed by atoms with Crippen molar-refractivity contribution >= 4 is 78.4 Å². The molecule has 0 aliphatic heterocycles. The molecule has 8 nitrogen and oxygen atoms in total. The van der Waals surface area contributed by atoms with Gasteiger partial charge in [-0.1, -0.05) is 111 Å². The van der Waals surface area contributed by atoms with Gasteiger partial charge in [0.25, 0.3) is 0 Å². The van der Waals surface area contributed by atoms with Crippen LogP contribution in [0.15, 0.2) is 182 Å². The summed E-state index contributed by atoms with van der Waals surface area (Å²) in [6, 6.07) is 63.4. The third kappa shape index (κ3) is 10.4. The molecule has 0 saturated heterocycles. The maximum absolute atomic E-state index is 13.0. The van der Waals surface area contributed by atoms with Crippen molar-refractivity contribution in [2.24, 2.45) is 0 Å². The molecule has 0 aliphatic rings. The van der Waals surface area contributed by atoms with Gasteiger partial charge in [0.1, 0.15) is 11.5 Å². The first-order valence-corrected chi connectivity index (χ1v) is 26.7. The van der Waals surface area contributed by atoms with Crippen molar-refractivity contribution in [3.63, 3.8) is 0 Å². The van der Waals surface area contributed by atoms with Crippen LogP contribution >= 0.6 is 0 Å². The minimum absolute atomic E-state index is 0.291. The molecule has 0 heterocycles. The van der Waals surface area contributed by atoms with Gasteiger partial charge in [-0.05, 0) is 183 Å². The van der Waals surface area contributed by atoms with Crippen LogP contribution in [0.2, 0.25) is 0 Å². The number of carbonyl (C=O) groups is 2. The fourth-order valence-corrected chi connectivity index (χ4v) is 10.1. The minimum atomic E-state index is -0.357. The van der Waals surface area contributed by atoms with E-state index in [4.69, 9.17) is 18.9 Å². The molecule has 10 rings (SSSR count). The van der Waals surface area contributed by atoms with E-state index in [-0.39, 0.29) is 11.9 Å². The lowest BCUT2D eigenvalue weighted by Gasteiger charge is -2.31. The van der Waals surface area contributed by atoms with E-state index in [1.54, 1.807) is 0 Å². The summed E-state index contributed by atoms with van der Waals surface area (Å²) in [5, 5.41) is 6.40. The lowest BCUT2D eigenvalue weighted by molar-refractivity contribution is 0.0517. The van der Waals surface area contributed by atoms with Gasteiger partial charge < -0.3 is 28.7 Å². The Bertz CT molecular complexity index is 3370. The summed E-state index contributed by atoms with van der Waals surface area (Å²) in [5.41, 5.74) is 13.1. The zero-order valence-electron chi connectivity index (χ0n) is 44.3. The SMILES string of the molecule is CCCCOc1ccc(N(c2ccc(C)cc2)c2cc(-c3ccc(C(=O)OCC)cc3)c3ccc4c(N(c5ccc(C)cc5)c5ccc(OCCCC)cc5)cc(-c5ccc(C(=O)OCC)cc5)c5ccc2c3c54)cc1. The number of hydrogen-bond donors (Lipinski definition) is 0. The Morgan fingerprint density at radius 3 is 1.05 bits per heavy atom. The fraction of sp³-hybridized carbons (Fsp3) is 0.206. The molecule has 10 aromatic carbocycles. The van der Waals surface area contributed by atoms with Gasteiger partial charge in [0.15, 0.2) is 0 Å². The Balaban J connectivity index is 1.30. The molecule has 0 aromatic heterocycles. The number of unbranched alkanes of at least 4 members (excludes halogenated alkanes) is 2. The highest BCUT2D eigenvalue weighted by Gasteiger charge is 2.26. The number of nitrogens with zero attached hydrogens (tertiary/aromatic N) is 2. The number of anilines is 6. The summed E-state index contributed by atoms with van der Waals surface area (Å²) in [6.45, 7) is 14.1. The van der Waals surface area contributed by atoms with Crippen LogP contribution < -0.4 is 19.3 Å². The van der Waals surface area contributed by atoms with Crippen molar-refractivity contribution in [2.75, 3.05) is 36.2 Å². The number of rotatable bonds is 20. The summed E-state index contributed by atoms with van der Waals surface area (Å²) >= 11 is 0. The average molecular weight is 1010 g/mol. The number of hydrogen-bond acceptors (Lipinski definition) is 8. The van der Waals surface area contributed by atoms with Crippen LogP contribution in [0.3, 0.4) is 0 Å². The van der Waals surface area contributed by atoms with E-state index in [1.165, 1.54) is 0 Å². The van der Waals surface area contributed by atoms with Crippen molar-refractivity contribution in [1.82, 2.24) is 0 Å². The molecule has 0 saturated carbocycles. The Morgan fingerprint density at radius 2 is 0.724 bits per heavy atom. The average Bonchev–Trinajstić information content (AvgIpc) is 3.52. The van der Waals surface area contributed by atoms with Gasteiger partial charge in [-0.15, -0.1) is 0 Å². The minimum Gasteiger partial charge on any atom is -0.494 e. The highest BCUT2D eigenvalue weighted by atomic mass is 16.5. The lowest BCUT2D eigenvalue weighted by atomic mass is 9.85. The van der Waals surface area contributed by atoms with Crippen LogP contribution in [0.4, 0.5) is 34.1 Å². The molecule has 8 heteroatoms. The van der Waals surface area contributed by atoms with Crippen LogP contribution in [0, 0.1) is 13.8 Å². The lowest BCUT2D eigenvalue weighted by Crippen LogP contribution is -2.12. The van der Waals surface area contributed by atoms with Gasteiger partial charge in [0.05, 0.1) is 48.9 Å². The Hall–Kier alpha value is -8.62. The molecule has 0 unspecified atom stereocenters. The predicted molar refractivity (Wildman–Crippen MR) is 313 cm³/mol. The number of benzene rings is 10. The van der Waals surface area contributed by atoms with E-state index in [9.17, 15) is 9.59 Å². The second-order valence-corrected chi connectivity index (χ2v) is 19.3. The molecular weight excluding hydrogens is 941 g/mol. The normalized spacial score (nSPS) is 11.3. The van der Waals surface area contributed by atoms with Gasteiger partial charge >= 0.3 is 11.9 Å². The predicted octanol–water partition coefficient (Wildman–Crippen LogP) is 18.2. The molecule has 76 heavy (non-hydrogen) atoms. The Morgan fingerprint density at radius 1 is 0.395 bits per heavy atom. The van der Waals surface area contributed by atoms with E-state index >= 15 is 0 Å². The maximum atomic E-state index is 13.0. The molecule has 0 radical (unpaired) electrons. The fourth-order valence-electron chi connectivity index (χ4n) is 10.1. The smallest absolute Gasteiger partial charge is 0.338 e. The molecule has 382 valence electrons. The van der Waals surface area contributed by atoms with Gasteiger partial charge in [-0.2, -0.15) is 0 Å².